The summed E-state index contributed by atoms with van der Waals surface area (Å²) < 4.78 is 5.56. The number of benzene rings is 1. The fourth-order valence-electron chi connectivity index (χ4n) is 1.39. The van der Waals surface area contributed by atoms with E-state index in [9.17, 15) is 0 Å². The molecule has 0 amide bonds. The van der Waals surface area contributed by atoms with Crippen LogP contribution in [-0.4, -0.2) is 9.97 Å². The van der Waals surface area contributed by atoms with Gasteiger partial charge in [0.15, 0.2) is 5.75 Å². The van der Waals surface area contributed by atoms with Crippen molar-refractivity contribution in [1.82, 2.24) is 9.97 Å². The molecule has 4 nitrogen and oxygen atoms in total. The Labute approximate surface area is 94.3 Å². The molecule has 1 aromatic carbocycles. The van der Waals surface area contributed by atoms with Crippen molar-refractivity contribution in [3.05, 3.63) is 36.8 Å². The molecule has 82 valence electrons. The molecule has 2 aromatic rings. The summed E-state index contributed by atoms with van der Waals surface area (Å²) in [6, 6.07) is 7.72. The van der Waals surface area contributed by atoms with Crippen LogP contribution in [0.1, 0.15) is 13.8 Å². The number of ether oxygens (including phenoxy) is 1. The largest absolute Gasteiger partial charge is 0.435 e. The quantitative estimate of drug-likeness (QED) is 0.624. The molecular formula is C12H13N3O. The van der Waals surface area contributed by atoms with Crippen LogP contribution in [-0.2, 0) is 0 Å². The van der Waals surface area contributed by atoms with Crippen molar-refractivity contribution in [2.75, 3.05) is 5.32 Å². The lowest BCUT2D eigenvalue weighted by atomic mass is 10.2. The van der Waals surface area contributed by atoms with Gasteiger partial charge in [0.05, 0.1) is 11.9 Å². The average Bonchev–Trinajstić information content (AvgIpc) is 2.38. The number of nitrogens with zero attached hydrogens (tertiary/aromatic N) is 2. The maximum absolute atomic E-state index is 5.56. The van der Waals surface area contributed by atoms with Crippen LogP contribution in [0.25, 0.3) is 0 Å². The van der Waals surface area contributed by atoms with Crippen molar-refractivity contribution in [3.8, 4) is 11.6 Å². The van der Waals surface area contributed by atoms with Crippen LogP contribution < -0.4 is 10.1 Å². The summed E-state index contributed by atoms with van der Waals surface area (Å²) >= 11 is 0. The Hall–Kier alpha value is -2.10. The van der Waals surface area contributed by atoms with E-state index in [4.69, 9.17) is 4.74 Å². The second kappa shape index (κ2) is 4.61. The minimum Gasteiger partial charge on any atom is -0.435 e. The SMILES string of the molecule is CC.c1ccc2c(c1)Nc1cncnc1O2. The minimum absolute atomic E-state index is 0.568. The first-order valence-corrected chi connectivity index (χ1v) is 5.27. The molecule has 1 N–H and O–H groups in total. The van der Waals surface area contributed by atoms with Gasteiger partial charge < -0.3 is 10.1 Å². The molecule has 1 aliphatic heterocycles. The van der Waals surface area contributed by atoms with E-state index < -0.39 is 0 Å². The predicted molar refractivity (Wildman–Crippen MR) is 63.2 cm³/mol. The van der Waals surface area contributed by atoms with Gasteiger partial charge in [-0.15, -0.1) is 0 Å². The molecule has 0 unspecified atom stereocenters. The van der Waals surface area contributed by atoms with Gasteiger partial charge in [0.1, 0.15) is 12.0 Å². The molecule has 0 bridgehead atoms. The Bertz CT molecular complexity index is 398. The molecule has 0 radical (unpaired) electrons. The second-order valence-electron chi connectivity index (χ2n) is 2.96. The van der Waals surface area contributed by atoms with Gasteiger partial charge in [-0.3, -0.25) is 0 Å². The Balaban J connectivity index is 0.000000457. The van der Waals surface area contributed by atoms with Crippen LogP contribution in [0, 0.1) is 0 Å². The summed E-state index contributed by atoms with van der Waals surface area (Å²) in [7, 11) is 0. The smallest absolute Gasteiger partial charge is 0.246 e. The fraction of sp³-hybridized carbons (Fsp3) is 0.167. The molecule has 0 aliphatic carbocycles. The zero-order valence-corrected chi connectivity index (χ0v) is 9.27. The number of para-hydroxylation sites is 2. The molecule has 1 aliphatic rings. The van der Waals surface area contributed by atoms with E-state index in [2.05, 4.69) is 15.3 Å². The van der Waals surface area contributed by atoms with Gasteiger partial charge in [0.25, 0.3) is 0 Å². The zero-order valence-electron chi connectivity index (χ0n) is 9.27. The van der Waals surface area contributed by atoms with Crippen LogP contribution in [0.5, 0.6) is 11.6 Å². The maximum atomic E-state index is 5.56. The van der Waals surface area contributed by atoms with E-state index in [-0.39, 0.29) is 0 Å². The summed E-state index contributed by atoms with van der Waals surface area (Å²) in [5, 5.41) is 3.19. The molecule has 1 aromatic heterocycles. The van der Waals surface area contributed by atoms with Gasteiger partial charge >= 0.3 is 0 Å². The third kappa shape index (κ3) is 1.82. The van der Waals surface area contributed by atoms with Crippen molar-refractivity contribution in [3.63, 3.8) is 0 Å². The van der Waals surface area contributed by atoms with Gasteiger partial charge in [0.2, 0.25) is 5.88 Å². The lowest BCUT2D eigenvalue weighted by Gasteiger charge is -2.19. The van der Waals surface area contributed by atoms with Crippen molar-refractivity contribution < 1.29 is 4.74 Å². The summed E-state index contributed by atoms with van der Waals surface area (Å²) in [6.07, 6.45) is 3.16. The molecule has 0 saturated carbocycles. The number of anilines is 2. The Morgan fingerprint density at radius 2 is 1.94 bits per heavy atom. The van der Waals surface area contributed by atoms with Crippen LogP contribution in [0.2, 0.25) is 0 Å². The molecule has 0 atom stereocenters. The number of hydrogen-bond donors (Lipinski definition) is 1. The number of fused-ring (bicyclic) bond motifs is 2. The number of nitrogens with one attached hydrogen (secondary N) is 1. The first-order chi connectivity index (χ1) is 7.93. The topological polar surface area (TPSA) is 47.0 Å². The average molecular weight is 215 g/mol. The van der Waals surface area contributed by atoms with E-state index in [0.29, 0.717) is 5.88 Å². The van der Waals surface area contributed by atoms with E-state index in [1.807, 2.05) is 38.1 Å². The summed E-state index contributed by atoms with van der Waals surface area (Å²) in [5.74, 6) is 1.36. The molecule has 0 fully saturated rings. The van der Waals surface area contributed by atoms with Crippen molar-refractivity contribution >= 4 is 11.4 Å². The van der Waals surface area contributed by atoms with Crippen molar-refractivity contribution in [2.24, 2.45) is 0 Å². The van der Waals surface area contributed by atoms with Crippen LogP contribution >= 0.6 is 0 Å². The first-order valence-electron chi connectivity index (χ1n) is 5.27. The summed E-state index contributed by atoms with van der Waals surface area (Å²) in [4.78, 5) is 7.94. The van der Waals surface area contributed by atoms with E-state index in [1.54, 1.807) is 6.20 Å². The highest BCUT2D eigenvalue weighted by Gasteiger charge is 2.15. The van der Waals surface area contributed by atoms with Gasteiger partial charge in [-0.1, -0.05) is 26.0 Å². The van der Waals surface area contributed by atoms with E-state index in [0.717, 1.165) is 17.1 Å². The Morgan fingerprint density at radius 3 is 2.81 bits per heavy atom. The van der Waals surface area contributed by atoms with Crippen LogP contribution in [0.15, 0.2) is 36.8 Å². The molecular weight excluding hydrogens is 202 g/mol. The fourth-order valence-corrected chi connectivity index (χ4v) is 1.39. The molecule has 0 spiro atoms. The molecule has 16 heavy (non-hydrogen) atoms. The Kier molecular flexibility index (Phi) is 3.00. The van der Waals surface area contributed by atoms with Crippen LogP contribution in [0.3, 0.4) is 0 Å². The first kappa shape index (κ1) is 10.4. The van der Waals surface area contributed by atoms with Crippen molar-refractivity contribution in [1.29, 1.82) is 0 Å². The van der Waals surface area contributed by atoms with Crippen molar-refractivity contribution in [2.45, 2.75) is 13.8 Å². The van der Waals surface area contributed by atoms with E-state index in [1.165, 1.54) is 6.33 Å². The summed E-state index contributed by atoms with van der Waals surface area (Å²) in [6.45, 7) is 4.00. The zero-order chi connectivity index (χ0) is 11.4. The predicted octanol–water partition coefficient (Wildman–Crippen LogP) is 3.35. The van der Waals surface area contributed by atoms with Gasteiger partial charge in [-0.05, 0) is 12.1 Å². The van der Waals surface area contributed by atoms with Gasteiger partial charge in [0, 0.05) is 0 Å². The summed E-state index contributed by atoms with van der Waals surface area (Å²) in [5.41, 5.74) is 1.74. The number of aromatic nitrogens is 2. The second-order valence-corrected chi connectivity index (χ2v) is 2.96. The minimum atomic E-state index is 0.568. The molecule has 4 heteroatoms. The lowest BCUT2D eigenvalue weighted by Crippen LogP contribution is -2.04. The highest BCUT2D eigenvalue weighted by molar-refractivity contribution is 5.72. The molecule has 2 heterocycles. The third-order valence-corrected chi connectivity index (χ3v) is 2.04. The molecule has 3 rings (SSSR count). The van der Waals surface area contributed by atoms with Gasteiger partial charge in [-0.2, -0.15) is 4.98 Å². The maximum Gasteiger partial charge on any atom is 0.246 e. The highest BCUT2D eigenvalue weighted by atomic mass is 16.5. The van der Waals surface area contributed by atoms with E-state index >= 15 is 0 Å². The number of hydrogen-bond acceptors (Lipinski definition) is 4. The standard InChI is InChI=1S/C10H7N3O.C2H6/c1-2-4-9-7(3-1)13-8-5-11-6-12-10(8)14-9;1-2/h1-6,13H;1-2H3. The third-order valence-electron chi connectivity index (χ3n) is 2.04. The Morgan fingerprint density at radius 1 is 1.12 bits per heavy atom. The normalized spacial score (nSPS) is 10.9. The lowest BCUT2D eigenvalue weighted by molar-refractivity contribution is 0.460. The highest BCUT2D eigenvalue weighted by Crippen LogP contribution is 2.39. The number of rotatable bonds is 0. The van der Waals surface area contributed by atoms with Gasteiger partial charge in [-0.25, -0.2) is 4.98 Å². The molecule has 0 saturated heterocycles. The van der Waals surface area contributed by atoms with Crippen LogP contribution in [0.4, 0.5) is 11.4 Å². The monoisotopic (exact) mass is 215 g/mol.